The highest BCUT2D eigenvalue weighted by molar-refractivity contribution is 5.78. The first-order valence-electron chi connectivity index (χ1n) is 10.5. The lowest BCUT2D eigenvalue weighted by atomic mass is 10.3. The topological polar surface area (TPSA) is 59.1 Å². The van der Waals surface area contributed by atoms with Gasteiger partial charge in [-0.05, 0) is 37.8 Å². The highest BCUT2D eigenvalue weighted by Crippen LogP contribution is 2.19. The Hall–Kier alpha value is -2.24. The average molecular weight is 393 g/mol. The first-order valence-corrected chi connectivity index (χ1v) is 10.5. The minimum absolute atomic E-state index is 0.00314. The maximum absolute atomic E-state index is 12.3. The lowest BCUT2D eigenvalue weighted by Crippen LogP contribution is -2.36. The van der Waals surface area contributed by atoms with Crippen LogP contribution in [0.2, 0.25) is 0 Å². The average Bonchev–Trinajstić information content (AvgIpc) is 2.70. The third-order valence-electron chi connectivity index (χ3n) is 4.21. The summed E-state index contributed by atoms with van der Waals surface area (Å²) in [5, 5.41) is 0. The zero-order valence-electron chi connectivity index (χ0n) is 17.9. The van der Waals surface area contributed by atoms with E-state index in [0.717, 1.165) is 51.9 Å². The van der Waals surface area contributed by atoms with Gasteiger partial charge in [0.2, 0.25) is 0 Å². The van der Waals surface area contributed by atoms with E-state index in [4.69, 9.17) is 9.47 Å². The highest BCUT2D eigenvalue weighted by Gasteiger charge is 2.14. The van der Waals surface area contributed by atoms with E-state index in [2.05, 4.69) is 27.7 Å². The van der Waals surface area contributed by atoms with Gasteiger partial charge >= 0.3 is 0 Å². The minimum atomic E-state index is -0.0139. The number of rotatable bonds is 14. The molecule has 1 rings (SSSR count). The van der Waals surface area contributed by atoms with Crippen LogP contribution in [0.15, 0.2) is 24.3 Å². The van der Waals surface area contributed by atoms with Crippen LogP contribution in [0.1, 0.15) is 53.4 Å². The molecule has 28 heavy (non-hydrogen) atoms. The molecule has 6 nitrogen and oxygen atoms in total. The van der Waals surface area contributed by atoms with Crippen LogP contribution in [0, 0.1) is 0 Å². The Morgan fingerprint density at radius 2 is 1.07 bits per heavy atom. The first-order chi connectivity index (χ1) is 13.5. The Morgan fingerprint density at radius 3 is 1.39 bits per heavy atom. The lowest BCUT2D eigenvalue weighted by molar-refractivity contribution is -0.134. The monoisotopic (exact) mass is 392 g/mol. The summed E-state index contributed by atoms with van der Waals surface area (Å²) in [7, 11) is 0. The van der Waals surface area contributed by atoms with Gasteiger partial charge in [0.05, 0.1) is 0 Å². The second kappa shape index (κ2) is 13.9. The molecule has 0 aliphatic heterocycles. The quantitative estimate of drug-likeness (QED) is 0.484. The molecule has 0 aromatic heterocycles. The molecule has 0 atom stereocenters. The molecule has 1 aromatic rings. The third kappa shape index (κ3) is 8.63. The molecule has 0 N–H and O–H groups in total. The summed E-state index contributed by atoms with van der Waals surface area (Å²) >= 11 is 0. The minimum Gasteiger partial charge on any atom is -0.484 e. The van der Waals surface area contributed by atoms with Crippen molar-refractivity contribution >= 4 is 11.8 Å². The van der Waals surface area contributed by atoms with Gasteiger partial charge < -0.3 is 19.3 Å². The Bertz CT molecular complexity index is 532. The van der Waals surface area contributed by atoms with Crippen LogP contribution in [0.3, 0.4) is 0 Å². The Kier molecular flexibility index (Phi) is 11.8. The Balaban J connectivity index is 2.57. The first kappa shape index (κ1) is 23.8. The summed E-state index contributed by atoms with van der Waals surface area (Å²) in [6, 6.07) is 7.08. The molecular weight excluding hydrogens is 356 g/mol. The van der Waals surface area contributed by atoms with Gasteiger partial charge in [-0.2, -0.15) is 0 Å². The van der Waals surface area contributed by atoms with Crippen molar-refractivity contribution in [2.75, 3.05) is 39.4 Å². The van der Waals surface area contributed by atoms with E-state index in [1.807, 2.05) is 9.80 Å². The van der Waals surface area contributed by atoms with Crippen LogP contribution < -0.4 is 9.47 Å². The van der Waals surface area contributed by atoms with Gasteiger partial charge in [0, 0.05) is 32.2 Å². The molecule has 1 aromatic carbocycles. The summed E-state index contributed by atoms with van der Waals surface area (Å²) in [4.78, 5) is 28.3. The van der Waals surface area contributed by atoms with Crippen molar-refractivity contribution in [1.29, 1.82) is 0 Å². The second-order valence-corrected chi connectivity index (χ2v) is 6.81. The van der Waals surface area contributed by atoms with E-state index in [1.54, 1.807) is 24.3 Å². The molecule has 0 saturated carbocycles. The Labute approximate surface area is 169 Å². The second-order valence-electron chi connectivity index (χ2n) is 6.81. The molecule has 158 valence electrons. The fourth-order valence-electron chi connectivity index (χ4n) is 2.93. The molecule has 0 saturated heterocycles. The molecule has 0 fully saturated rings. The van der Waals surface area contributed by atoms with Crippen molar-refractivity contribution in [3.8, 4) is 11.5 Å². The van der Waals surface area contributed by atoms with Gasteiger partial charge in [-0.1, -0.05) is 33.8 Å². The van der Waals surface area contributed by atoms with E-state index in [0.29, 0.717) is 11.5 Å². The zero-order valence-corrected chi connectivity index (χ0v) is 17.9. The number of hydrogen-bond donors (Lipinski definition) is 0. The fourth-order valence-corrected chi connectivity index (χ4v) is 2.93. The largest absolute Gasteiger partial charge is 0.484 e. The molecule has 0 unspecified atom stereocenters. The van der Waals surface area contributed by atoms with E-state index in [1.165, 1.54) is 0 Å². The van der Waals surface area contributed by atoms with Crippen LogP contribution in [0.25, 0.3) is 0 Å². The van der Waals surface area contributed by atoms with Crippen LogP contribution in [-0.4, -0.2) is 61.0 Å². The van der Waals surface area contributed by atoms with Gasteiger partial charge in [0.1, 0.15) is 11.5 Å². The molecule has 2 amide bonds. The molecule has 0 aliphatic carbocycles. The summed E-state index contributed by atoms with van der Waals surface area (Å²) in [5.74, 6) is 1.09. The van der Waals surface area contributed by atoms with Crippen molar-refractivity contribution in [3.63, 3.8) is 0 Å². The Morgan fingerprint density at radius 1 is 0.714 bits per heavy atom. The molecule has 6 heteroatoms. The highest BCUT2D eigenvalue weighted by atomic mass is 16.5. The summed E-state index contributed by atoms with van der Waals surface area (Å²) in [6.07, 6.45) is 3.71. The van der Waals surface area contributed by atoms with E-state index >= 15 is 0 Å². The van der Waals surface area contributed by atoms with Crippen LogP contribution in [0.5, 0.6) is 11.5 Å². The van der Waals surface area contributed by atoms with Gasteiger partial charge in [-0.25, -0.2) is 0 Å². The standard InChI is InChI=1S/C22H36N2O4/c1-5-12-23(13-6-2)21(25)17-27-19-10-9-11-20(16-19)28-18-22(26)24(14-7-3)15-8-4/h9-11,16H,5-8,12-15,17-18H2,1-4H3. The van der Waals surface area contributed by atoms with Crippen LogP contribution in [-0.2, 0) is 9.59 Å². The predicted molar refractivity (Wildman–Crippen MR) is 112 cm³/mol. The van der Waals surface area contributed by atoms with Crippen molar-refractivity contribution in [2.45, 2.75) is 53.4 Å². The summed E-state index contributed by atoms with van der Waals surface area (Å²) in [6.45, 7) is 11.2. The normalized spacial score (nSPS) is 10.4. The van der Waals surface area contributed by atoms with Gasteiger partial charge in [0.15, 0.2) is 13.2 Å². The molecule has 0 radical (unpaired) electrons. The zero-order chi connectivity index (χ0) is 20.8. The van der Waals surface area contributed by atoms with Gasteiger partial charge in [-0.3, -0.25) is 9.59 Å². The maximum Gasteiger partial charge on any atom is 0.260 e. The van der Waals surface area contributed by atoms with E-state index in [9.17, 15) is 9.59 Å². The SMILES string of the molecule is CCCN(CCC)C(=O)COc1cccc(OCC(=O)N(CCC)CCC)c1. The molecule has 0 bridgehead atoms. The number of hydrogen-bond acceptors (Lipinski definition) is 4. The maximum atomic E-state index is 12.3. The summed E-state index contributed by atoms with van der Waals surface area (Å²) < 4.78 is 11.3. The van der Waals surface area contributed by atoms with Gasteiger partial charge in [-0.15, -0.1) is 0 Å². The lowest BCUT2D eigenvalue weighted by Gasteiger charge is -2.22. The molecular formula is C22H36N2O4. The molecule has 0 aliphatic rings. The predicted octanol–water partition coefficient (Wildman–Crippen LogP) is 3.74. The smallest absolute Gasteiger partial charge is 0.260 e. The van der Waals surface area contributed by atoms with E-state index in [-0.39, 0.29) is 25.0 Å². The number of nitrogens with zero attached hydrogens (tertiary/aromatic N) is 2. The third-order valence-corrected chi connectivity index (χ3v) is 4.21. The number of carbonyl (C=O) groups is 2. The fraction of sp³-hybridized carbons (Fsp3) is 0.636. The van der Waals surface area contributed by atoms with Crippen LogP contribution >= 0.6 is 0 Å². The number of benzene rings is 1. The number of carbonyl (C=O) groups excluding carboxylic acids is 2. The van der Waals surface area contributed by atoms with Gasteiger partial charge in [0.25, 0.3) is 11.8 Å². The van der Waals surface area contributed by atoms with Crippen LogP contribution in [0.4, 0.5) is 0 Å². The summed E-state index contributed by atoms with van der Waals surface area (Å²) in [5.41, 5.74) is 0. The molecule has 0 heterocycles. The van der Waals surface area contributed by atoms with Crippen molar-refractivity contribution in [3.05, 3.63) is 24.3 Å². The van der Waals surface area contributed by atoms with Crippen molar-refractivity contribution < 1.29 is 19.1 Å². The number of ether oxygens (including phenoxy) is 2. The van der Waals surface area contributed by atoms with Crippen molar-refractivity contribution in [2.24, 2.45) is 0 Å². The van der Waals surface area contributed by atoms with E-state index < -0.39 is 0 Å². The molecule has 0 spiro atoms. The van der Waals surface area contributed by atoms with Crippen molar-refractivity contribution in [1.82, 2.24) is 9.80 Å². The number of amides is 2.